The van der Waals surface area contributed by atoms with Crippen LogP contribution in [-0.4, -0.2) is 38.3 Å². The predicted molar refractivity (Wildman–Crippen MR) is 98.0 cm³/mol. The normalized spacial score (nSPS) is 17.4. The molecule has 1 atom stereocenters. The Kier molecular flexibility index (Phi) is 6.02. The Hall–Kier alpha value is -2.12. The van der Waals surface area contributed by atoms with Gasteiger partial charge in [-0.25, -0.2) is 4.79 Å². The Morgan fingerprint density at radius 1 is 1.36 bits per heavy atom. The summed E-state index contributed by atoms with van der Waals surface area (Å²) in [5, 5.41) is 3.09. The number of anilines is 1. The van der Waals surface area contributed by atoms with Crippen molar-refractivity contribution >= 4 is 34.3 Å². The lowest BCUT2D eigenvalue weighted by Crippen LogP contribution is -2.27. The van der Waals surface area contributed by atoms with Gasteiger partial charge in [0.15, 0.2) is 6.29 Å². The van der Waals surface area contributed by atoms with Gasteiger partial charge in [0.2, 0.25) is 0 Å². The fourth-order valence-electron chi connectivity index (χ4n) is 2.31. The zero-order valence-corrected chi connectivity index (χ0v) is 15.9. The quantitative estimate of drug-likeness (QED) is 0.790. The summed E-state index contributed by atoms with van der Waals surface area (Å²) < 4.78 is 16.0. The minimum Gasteiger partial charge on any atom is -0.501 e. The SMILES string of the molecule is COC1=CC(c2cc(C=O)c(NC(=O)OC(C)(C)C)s2)=CC(OC)C1. The summed E-state index contributed by atoms with van der Waals surface area (Å²) in [5.41, 5.74) is 0.679. The third-order valence-electron chi connectivity index (χ3n) is 3.44. The van der Waals surface area contributed by atoms with Gasteiger partial charge in [0.1, 0.15) is 10.6 Å². The van der Waals surface area contributed by atoms with Crippen molar-refractivity contribution in [3.63, 3.8) is 0 Å². The highest BCUT2D eigenvalue weighted by atomic mass is 32.1. The fraction of sp³-hybridized carbons (Fsp3) is 0.444. The molecular weight excluding hydrogens is 342 g/mol. The van der Waals surface area contributed by atoms with Gasteiger partial charge < -0.3 is 14.2 Å². The minimum atomic E-state index is -0.612. The number of carbonyl (C=O) groups excluding carboxylic acids is 2. The molecule has 1 amide bonds. The molecule has 7 heteroatoms. The van der Waals surface area contributed by atoms with E-state index in [0.717, 1.165) is 16.2 Å². The zero-order valence-electron chi connectivity index (χ0n) is 15.0. The van der Waals surface area contributed by atoms with E-state index in [0.29, 0.717) is 23.3 Å². The second-order valence-corrected chi connectivity index (χ2v) is 7.61. The van der Waals surface area contributed by atoms with Crippen molar-refractivity contribution in [2.45, 2.75) is 38.9 Å². The highest BCUT2D eigenvalue weighted by molar-refractivity contribution is 7.17. The highest BCUT2D eigenvalue weighted by Gasteiger charge is 2.21. The van der Waals surface area contributed by atoms with E-state index in [-0.39, 0.29) is 6.10 Å². The maximum atomic E-state index is 12.0. The minimum absolute atomic E-state index is 0.0982. The van der Waals surface area contributed by atoms with Crippen LogP contribution in [0.3, 0.4) is 0 Å². The number of allylic oxidation sites excluding steroid dienone is 2. The predicted octanol–water partition coefficient (Wildman–Crippen LogP) is 4.24. The first-order chi connectivity index (χ1) is 11.8. The van der Waals surface area contributed by atoms with E-state index in [1.807, 2.05) is 12.2 Å². The Bertz CT molecular complexity index is 712. The Labute approximate surface area is 151 Å². The second-order valence-electron chi connectivity index (χ2n) is 6.55. The Morgan fingerprint density at radius 2 is 2.08 bits per heavy atom. The van der Waals surface area contributed by atoms with Crippen LogP contribution in [0.25, 0.3) is 5.57 Å². The Balaban J connectivity index is 2.28. The number of rotatable bonds is 5. The number of carbonyl (C=O) groups is 2. The van der Waals surface area contributed by atoms with Crippen molar-refractivity contribution in [3.8, 4) is 0 Å². The molecule has 1 aliphatic rings. The van der Waals surface area contributed by atoms with Crippen molar-refractivity contribution < 1.29 is 23.8 Å². The third kappa shape index (κ3) is 5.17. The lowest BCUT2D eigenvalue weighted by Gasteiger charge is -2.19. The van der Waals surface area contributed by atoms with E-state index in [1.165, 1.54) is 11.3 Å². The van der Waals surface area contributed by atoms with E-state index in [2.05, 4.69) is 5.32 Å². The van der Waals surface area contributed by atoms with Crippen LogP contribution >= 0.6 is 11.3 Å². The number of amides is 1. The summed E-state index contributed by atoms with van der Waals surface area (Å²) in [6, 6.07) is 1.73. The van der Waals surface area contributed by atoms with Crippen molar-refractivity contribution in [1.29, 1.82) is 0 Å². The summed E-state index contributed by atoms with van der Waals surface area (Å²) in [7, 11) is 3.25. The average molecular weight is 365 g/mol. The molecule has 0 saturated heterocycles. The van der Waals surface area contributed by atoms with Gasteiger partial charge in [-0.1, -0.05) is 0 Å². The van der Waals surface area contributed by atoms with Gasteiger partial charge >= 0.3 is 6.09 Å². The molecule has 0 aliphatic heterocycles. The molecule has 1 aromatic heterocycles. The standard InChI is InChI=1S/C18H23NO5S/c1-18(2,3)24-17(21)19-16-12(10-20)8-15(25-16)11-6-13(22-4)9-14(7-11)23-5/h6-8,10,13H,9H2,1-5H3,(H,19,21). The van der Waals surface area contributed by atoms with E-state index >= 15 is 0 Å². The number of hydrogen-bond acceptors (Lipinski definition) is 6. The molecule has 0 bridgehead atoms. The topological polar surface area (TPSA) is 73.9 Å². The van der Waals surface area contributed by atoms with Gasteiger partial charge in [-0.15, -0.1) is 11.3 Å². The Morgan fingerprint density at radius 3 is 2.64 bits per heavy atom. The molecule has 0 spiro atoms. The molecule has 136 valence electrons. The van der Waals surface area contributed by atoms with Crippen molar-refractivity contribution in [3.05, 3.63) is 34.4 Å². The summed E-state index contributed by atoms with van der Waals surface area (Å²) >= 11 is 1.30. The fourth-order valence-corrected chi connectivity index (χ4v) is 3.32. The molecule has 2 rings (SSSR count). The van der Waals surface area contributed by atoms with E-state index in [4.69, 9.17) is 14.2 Å². The van der Waals surface area contributed by atoms with Gasteiger partial charge in [-0.2, -0.15) is 0 Å². The third-order valence-corrected chi connectivity index (χ3v) is 4.55. The molecule has 1 N–H and O–H groups in total. The lowest BCUT2D eigenvalue weighted by molar-refractivity contribution is 0.0636. The maximum Gasteiger partial charge on any atom is 0.412 e. The van der Waals surface area contributed by atoms with Crippen LogP contribution < -0.4 is 5.32 Å². The number of methoxy groups -OCH3 is 2. The van der Waals surface area contributed by atoms with Gasteiger partial charge in [-0.05, 0) is 44.6 Å². The number of aldehydes is 1. The van der Waals surface area contributed by atoms with E-state index in [9.17, 15) is 9.59 Å². The van der Waals surface area contributed by atoms with E-state index in [1.54, 1.807) is 41.1 Å². The molecule has 0 radical (unpaired) electrons. The van der Waals surface area contributed by atoms with Crippen LogP contribution in [0.2, 0.25) is 0 Å². The lowest BCUT2D eigenvalue weighted by atomic mass is 10.0. The molecular formula is C18H23NO5S. The molecule has 0 aromatic carbocycles. The van der Waals surface area contributed by atoms with E-state index < -0.39 is 11.7 Å². The summed E-state index contributed by atoms with van der Waals surface area (Å²) in [5.74, 6) is 0.798. The summed E-state index contributed by atoms with van der Waals surface area (Å²) in [6.07, 6.45) is 4.56. The molecule has 1 aromatic rings. The first-order valence-corrected chi connectivity index (χ1v) is 8.66. The second kappa shape index (κ2) is 7.84. The van der Waals surface area contributed by atoms with Crippen LogP contribution in [-0.2, 0) is 14.2 Å². The van der Waals surface area contributed by atoms with Crippen molar-refractivity contribution in [2.24, 2.45) is 0 Å². The summed E-state index contributed by atoms with van der Waals surface area (Å²) in [6.45, 7) is 5.34. The summed E-state index contributed by atoms with van der Waals surface area (Å²) in [4.78, 5) is 24.2. The molecule has 6 nitrogen and oxygen atoms in total. The molecule has 1 unspecified atom stereocenters. The number of ether oxygens (including phenoxy) is 3. The van der Waals surface area contributed by atoms with Gasteiger partial charge in [-0.3, -0.25) is 10.1 Å². The largest absolute Gasteiger partial charge is 0.501 e. The van der Waals surface area contributed by atoms with Gasteiger partial charge in [0.25, 0.3) is 0 Å². The van der Waals surface area contributed by atoms with Crippen LogP contribution in [0.4, 0.5) is 9.80 Å². The van der Waals surface area contributed by atoms with Crippen LogP contribution in [0, 0.1) is 0 Å². The molecule has 0 fully saturated rings. The zero-order chi connectivity index (χ0) is 18.6. The van der Waals surface area contributed by atoms with Gasteiger partial charge in [0, 0.05) is 24.0 Å². The van der Waals surface area contributed by atoms with Crippen LogP contribution in [0.15, 0.2) is 24.0 Å². The number of nitrogens with one attached hydrogen (secondary N) is 1. The number of hydrogen-bond donors (Lipinski definition) is 1. The first kappa shape index (κ1) is 19.2. The van der Waals surface area contributed by atoms with Crippen LogP contribution in [0.5, 0.6) is 0 Å². The smallest absolute Gasteiger partial charge is 0.412 e. The van der Waals surface area contributed by atoms with Gasteiger partial charge in [0.05, 0.1) is 19.0 Å². The monoisotopic (exact) mass is 365 g/mol. The van der Waals surface area contributed by atoms with Crippen molar-refractivity contribution in [2.75, 3.05) is 19.5 Å². The number of thiophene rings is 1. The van der Waals surface area contributed by atoms with Crippen LogP contribution in [0.1, 0.15) is 42.4 Å². The highest BCUT2D eigenvalue weighted by Crippen LogP contribution is 2.36. The van der Waals surface area contributed by atoms with Crippen molar-refractivity contribution in [1.82, 2.24) is 0 Å². The average Bonchev–Trinajstić information content (AvgIpc) is 2.95. The molecule has 1 heterocycles. The molecule has 25 heavy (non-hydrogen) atoms. The first-order valence-electron chi connectivity index (χ1n) is 7.84. The molecule has 0 saturated carbocycles. The molecule has 1 aliphatic carbocycles. The maximum absolute atomic E-state index is 12.0.